The molecule has 0 saturated heterocycles. The van der Waals surface area contributed by atoms with Gasteiger partial charge in [0.2, 0.25) is 5.95 Å². The van der Waals surface area contributed by atoms with Gasteiger partial charge in [-0.3, -0.25) is 19.4 Å². The molecule has 180 valence electrons. The number of carbonyl (C=O) groups is 3. The van der Waals surface area contributed by atoms with Gasteiger partial charge in [-0.05, 0) is 30.7 Å². The summed E-state index contributed by atoms with van der Waals surface area (Å²) in [5.74, 6) is -2.64. The van der Waals surface area contributed by atoms with Crippen molar-refractivity contribution in [3.05, 3.63) is 40.2 Å². The Morgan fingerprint density at radius 2 is 1.88 bits per heavy atom. The van der Waals surface area contributed by atoms with Crippen molar-refractivity contribution in [2.24, 2.45) is 0 Å². The first-order valence-electron chi connectivity index (χ1n) is 9.92. The summed E-state index contributed by atoms with van der Waals surface area (Å²) < 4.78 is 0. The van der Waals surface area contributed by atoms with E-state index >= 15 is 0 Å². The second kappa shape index (κ2) is 11.7. The predicted octanol–water partition coefficient (Wildman–Crippen LogP) is -0.252. The van der Waals surface area contributed by atoms with Crippen molar-refractivity contribution in [2.45, 2.75) is 24.9 Å². The second-order valence-corrected chi connectivity index (χ2v) is 7.15. The van der Waals surface area contributed by atoms with Crippen LogP contribution in [0.25, 0.3) is 0 Å². The number of carboxylic acids is 2. The molecule has 0 aliphatic carbocycles. The average Bonchev–Trinajstić information content (AvgIpc) is 2.81. The van der Waals surface area contributed by atoms with Crippen LogP contribution in [0.3, 0.4) is 0 Å². The van der Waals surface area contributed by atoms with Gasteiger partial charge in [0.15, 0.2) is 5.82 Å². The summed E-state index contributed by atoms with van der Waals surface area (Å²) in [6, 6.07) is 4.93. The summed E-state index contributed by atoms with van der Waals surface area (Å²) in [7, 11) is 0. The Kier molecular flexibility index (Phi) is 8.71. The number of H-pyrrole nitrogens is 1. The van der Waals surface area contributed by atoms with Crippen LogP contribution in [-0.2, 0) is 9.59 Å². The van der Waals surface area contributed by atoms with Gasteiger partial charge in [-0.1, -0.05) is 0 Å². The van der Waals surface area contributed by atoms with Crippen molar-refractivity contribution in [3.63, 3.8) is 0 Å². The summed E-state index contributed by atoms with van der Waals surface area (Å²) >= 11 is 0. The number of aromatic nitrogens is 2. The molecule has 1 aromatic carbocycles. The molecule has 2 heterocycles. The molecule has 0 saturated carbocycles. The highest BCUT2D eigenvalue weighted by molar-refractivity contribution is 5.96. The van der Waals surface area contributed by atoms with Crippen LogP contribution >= 0.6 is 0 Å². The van der Waals surface area contributed by atoms with E-state index in [1.165, 1.54) is 12.1 Å². The molecule has 1 aliphatic heterocycles. The predicted molar refractivity (Wildman–Crippen MR) is 119 cm³/mol. The molecule has 34 heavy (non-hydrogen) atoms. The number of hydrogen-bond donors (Lipinski definition) is 8. The van der Waals surface area contributed by atoms with Crippen LogP contribution in [0.4, 0.5) is 23.1 Å². The fourth-order valence-corrected chi connectivity index (χ4v) is 3.10. The minimum absolute atomic E-state index is 0.0281. The fraction of sp³-hybridized carbons (Fsp3) is 0.316. The molecule has 2 aromatic rings. The third-order valence-electron chi connectivity index (χ3n) is 4.75. The molecule has 0 spiro atoms. The first kappa shape index (κ1) is 25.4. The number of nitrogens with zero attached hydrogens (tertiary/aromatic N) is 3. The van der Waals surface area contributed by atoms with Gasteiger partial charge >= 0.3 is 11.9 Å². The molecular weight excluding hydrogens is 450 g/mol. The van der Waals surface area contributed by atoms with E-state index in [1.54, 1.807) is 12.1 Å². The molecule has 1 aromatic heterocycles. The highest BCUT2D eigenvalue weighted by Crippen LogP contribution is 2.20. The molecule has 2 unspecified atom stereocenters. The highest BCUT2D eigenvalue weighted by Gasteiger charge is 2.23. The highest BCUT2D eigenvalue weighted by atomic mass is 16.4. The van der Waals surface area contributed by atoms with Gasteiger partial charge in [-0.2, -0.15) is 4.98 Å². The average molecular weight is 473 g/mol. The Hall–Kier alpha value is -4.87. The number of carboxylic acid groups (broad SMARTS) is 2. The summed E-state index contributed by atoms with van der Waals surface area (Å²) in [4.78, 5) is 52.6. The molecule has 9 N–H and O–H groups in total. The zero-order chi connectivity index (χ0) is 25.3. The minimum atomic E-state index is -1.30. The van der Waals surface area contributed by atoms with Crippen molar-refractivity contribution in [2.75, 3.05) is 34.8 Å². The molecule has 2 atom stereocenters. The number of hydrogen-bond acceptors (Lipinski definition) is 11. The first-order chi connectivity index (χ1) is 16.2. The van der Waals surface area contributed by atoms with Gasteiger partial charge < -0.3 is 37.2 Å². The summed E-state index contributed by atoms with van der Waals surface area (Å²) in [6.07, 6.45) is -0.587. The van der Waals surface area contributed by atoms with Crippen molar-refractivity contribution in [3.8, 4) is 0 Å². The maximum atomic E-state index is 12.3. The van der Waals surface area contributed by atoms with Crippen molar-refractivity contribution < 1.29 is 24.6 Å². The van der Waals surface area contributed by atoms with Gasteiger partial charge in [0.25, 0.3) is 11.5 Å². The lowest BCUT2D eigenvalue weighted by Gasteiger charge is -2.27. The van der Waals surface area contributed by atoms with E-state index in [1.807, 2.05) is 0 Å². The third kappa shape index (κ3) is 6.82. The number of fused-ring (bicyclic) bond motifs is 1. The Labute approximate surface area is 192 Å². The third-order valence-corrected chi connectivity index (χ3v) is 4.75. The largest absolute Gasteiger partial charge is 0.481 e. The lowest BCUT2D eigenvalue weighted by Crippen LogP contribution is -2.41. The number of carbonyl (C=O) groups excluding carboxylic acids is 1. The normalized spacial score (nSPS) is 14.6. The molecule has 0 radical (unpaired) electrons. The number of nitrogen functional groups attached to an aromatic ring is 1. The molecule has 15 nitrogen and oxygen atoms in total. The van der Waals surface area contributed by atoms with Crippen molar-refractivity contribution in [1.82, 2.24) is 15.3 Å². The standard InChI is InChI=1S/C19H23N7O6.N2/c20-19-25-15-14(17(30)26-19)23-11(8-22-15)7-21-10-3-1-9(2-4-10)16(29)24-12(18(31)32)5-6-13(27)28;1-2/h1-4,11-12,21,23H,5-8H2,(H,24,29)(H,27,28)(H,31,32)(H4,20,22,25,26,30);. The molecular formula is C19H23N9O6. The maximum absolute atomic E-state index is 12.3. The van der Waals surface area contributed by atoms with E-state index in [0.717, 1.165) is 0 Å². The van der Waals surface area contributed by atoms with Crippen LogP contribution in [0.2, 0.25) is 0 Å². The quantitative estimate of drug-likeness (QED) is 0.219. The zero-order valence-electron chi connectivity index (χ0n) is 17.7. The van der Waals surface area contributed by atoms with Crippen LogP contribution in [0.1, 0.15) is 23.2 Å². The zero-order valence-corrected chi connectivity index (χ0v) is 17.7. The Morgan fingerprint density at radius 3 is 2.50 bits per heavy atom. The van der Waals surface area contributed by atoms with E-state index < -0.39 is 23.9 Å². The van der Waals surface area contributed by atoms with Crippen LogP contribution in [0.15, 0.2) is 29.1 Å². The fourth-order valence-electron chi connectivity index (χ4n) is 3.10. The van der Waals surface area contributed by atoms with Gasteiger partial charge in [0, 0.05) is 41.5 Å². The minimum Gasteiger partial charge on any atom is -0.481 e. The smallest absolute Gasteiger partial charge is 0.326 e. The summed E-state index contributed by atoms with van der Waals surface area (Å²) in [5, 5.41) is 41.5. The van der Waals surface area contributed by atoms with Crippen molar-refractivity contribution in [1.29, 1.82) is 10.8 Å². The number of rotatable bonds is 9. The molecule has 1 aliphatic rings. The molecule has 0 bridgehead atoms. The number of nitrogens with one attached hydrogen (secondary N) is 5. The maximum Gasteiger partial charge on any atom is 0.326 e. The Balaban J connectivity index is 0.00000199. The van der Waals surface area contributed by atoms with E-state index in [2.05, 4.69) is 31.2 Å². The molecule has 1 amide bonds. The topological polar surface area (TPSA) is 259 Å². The van der Waals surface area contributed by atoms with Crippen LogP contribution < -0.4 is 32.6 Å². The van der Waals surface area contributed by atoms with E-state index in [-0.39, 0.29) is 36.0 Å². The van der Waals surface area contributed by atoms with Gasteiger partial charge in [-0.25, -0.2) is 4.79 Å². The van der Waals surface area contributed by atoms with Gasteiger partial charge in [-0.15, -0.1) is 0 Å². The van der Waals surface area contributed by atoms with Gasteiger partial charge in [0.1, 0.15) is 11.7 Å². The first-order valence-corrected chi connectivity index (χ1v) is 9.92. The van der Waals surface area contributed by atoms with E-state index in [4.69, 9.17) is 26.7 Å². The summed E-state index contributed by atoms with van der Waals surface area (Å²) in [6.45, 7) is 0.960. The number of anilines is 4. The van der Waals surface area contributed by atoms with Crippen LogP contribution in [-0.4, -0.2) is 63.2 Å². The lowest BCUT2D eigenvalue weighted by atomic mass is 10.1. The Morgan fingerprint density at radius 1 is 1.21 bits per heavy atom. The second-order valence-electron chi connectivity index (χ2n) is 7.15. The Bertz CT molecular complexity index is 1120. The SMILES string of the molecule is N#N.Nc1nc2c(c(=O)[nH]1)NC(CNc1ccc(C(=O)NC(CCC(=O)O)C(=O)O)cc1)CN2. The monoisotopic (exact) mass is 473 g/mol. The number of amides is 1. The molecule has 0 fully saturated rings. The van der Waals surface area contributed by atoms with E-state index in [0.29, 0.717) is 30.3 Å². The lowest BCUT2D eigenvalue weighted by molar-refractivity contribution is -0.140. The number of nitrogens with two attached hydrogens (primary N) is 1. The van der Waals surface area contributed by atoms with E-state index in [9.17, 15) is 19.2 Å². The molecule has 15 heteroatoms. The van der Waals surface area contributed by atoms with Crippen LogP contribution in [0.5, 0.6) is 0 Å². The molecule has 3 rings (SSSR count). The summed E-state index contributed by atoms with van der Waals surface area (Å²) in [5.41, 5.74) is 6.40. The number of aromatic amines is 1. The number of aliphatic carboxylic acids is 2. The van der Waals surface area contributed by atoms with Crippen molar-refractivity contribution >= 4 is 41.0 Å². The number of benzene rings is 1. The van der Waals surface area contributed by atoms with Gasteiger partial charge in [0.05, 0.1) is 6.04 Å². The van der Waals surface area contributed by atoms with Crippen LogP contribution in [0, 0.1) is 10.8 Å².